The highest BCUT2D eigenvalue weighted by molar-refractivity contribution is 5.73. The van der Waals surface area contributed by atoms with E-state index in [4.69, 9.17) is 9.47 Å². The van der Waals surface area contributed by atoms with E-state index >= 15 is 0 Å². The van der Waals surface area contributed by atoms with Crippen LogP contribution < -0.4 is 4.74 Å². The Hall–Kier alpha value is -2.33. The average Bonchev–Trinajstić information content (AvgIpc) is 2.73. The Kier molecular flexibility index (Phi) is 5.99. The van der Waals surface area contributed by atoms with Crippen LogP contribution in [0.4, 0.5) is 0 Å². The van der Waals surface area contributed by atoms with Crippen LogP contribution in [-0.2, 0) is 22.6 Å². The van der Waals surface area contributed by atoms with Crippen molar-refractivity contribution in [2.45, 2.75) is 26.9 Å². The van der Waals surface area contributed by atoms with Crippen molar-refractivity contribution in [1.29, 1.82) is 0 Å². The molecule has 0 amide bonds. The molecule has 0 radical (unpaired) electrons. The number of carbonyl (C=O) groups excluding carboxylic acids is 1. The first kappa shape index (κ1) is 18.0. The van der Waals surface area contributed by atoms with Crippen molar-refractivity contribution < 1.29 is 19.4 Å². The summed E-state index contributed by atoms with van der Waals surface area (Å²) in [5.74, 6) is 0.319. The van der Waals surface area contributed by atoms with Crippen LogP contribution in [0.5, 0.6) is 5.75 Å². The summed E-state index contributed by atoms with van der Waals surface area (Å²) in [6.45, 7) is 4.60. The molecule has 1 aromatic carbocycles. The molecule has 24 heavy (non-hydrogen) atoms. The standard InChI is InChI=1S/C20H24O4/c1-20(2)9-5-4-6-15(12-20)14-24-18-8-7-16(13-21)17(10-18)11-19(22)23-3/h4-10,12,21H,11,13-14H2,1-3H3. The summed E-state index contributed by atoms with van der Waals surface area (Å²) in [7, 11) is 1.35. The van der Waals surface area contributed by atoms with E-state index in [1.807, 2.05) is 18.2 Å². The Morgan fingerprint density at radius 2 is 2.00 bits per heavy atom. The summed E-state index contributed by atoms with van der Waals surface area (Å²) in [6.07, 6.45) is 10.5. The lowest BCUT2D eigenvalue weighted by molar-refractivity contribution is -0.139. The number of aliphatic hydroxyl groups excluding tert-OH is 1. The fourth-order valence-corrected chi connectivity index (χ4v) is 2.55. The predicted molar refractivity (Wildman–Crippen MR) is 93.7 cm³/mol. The number of aliphatic hydroxyl groups is 1. The molecule has 128 valence electrons. The second-order valence-corrected chi connectivity index (χ2v) is 6.39. The highest BCUT2D eigenvalue weighted by Gasteiger charge is 2.13. The van der Waals surface area contributed by atoms with E-state index < -0.39 is 0 Å². The van der Waals surface area contributed by atoms with E-state index in [2.05, 4.69) is 26.0 Å². The maximum absolute atomic E-state index is 11.5. The van der Waals surface area contributed by atoms with Gasteiger partial charge in [0.25, 0.3) is 0 Å². The Balaban J connectivity index is 2.11. The number of rotatable bonds is 6. The zero-order valence-electron chi connectivity index (χ0n) is 14.4. The molecule has 1 aliphatic rings. The molecule has 0 saturated heterocycles. The minimum atomic E-state index is -0.343. The molecule has 0 bridgehead atoms. The first-order valence-corrected chi connectivity index (χ1v) is 7.93. The van der Waals surface area contributed by atoms with Crippen LogP contribution in [0.3, 0.4) is 0 Å². The van der Waals surface area contributed by atoms with Gasteiger partial charge in [0.05, 0.1) is 20.1 Å². The molecule has 2 rings (SSSR count). The van der Waals surface area contributed by atoms with Crippen LogP contribution in [0.1, 0.15) is 25.0 Å². The Labute approximate surface area is 143 Å². The van der Waals surface area contributed by atoms with Crippen LogP contribution in [0.15, 0.2) is 54.2 Å². The molecule has 1 N–H and O–H groups in total. The van der Waals surface area contributed by atoms with E-state index in [9.17, 15) is 9.90 Å². The number of benzene rings is 1. The van der Waals surface area contributed by atoms with E-state index in [0.29, 0.717) is 23.5 Å². The van der Waals surface area contributed by atoms with Crippen molar-refractivity contribution in [2.24, 2.45) is 5.41 Å². The third-order valence-corrected chi connectivity index (χ3v) is 3.82. The van der Waals surface area contributed by atoms with E-state index in [-0.39, 0.29) is 24.4 Å². The molecule has 4 nitrogen and oxygen atoms in total. The summed E-state index contributed by atoms with van der Waals surface area (Å²) in [5, 5.41) is 9.40. The SMILES string of the molecule is COC(=O)Cc1cc(OCC2=CC(C)(C)C=CC=C2)ccc1CO. The van der Waals surface area contributed by atoms with Crippen LogP contribution in [-0.4, -0.2) is 24.8 Å². The lowest BCUT2D eigenvalue weighted by atomic mass is 9.91. The number of allylic oxidation sites excluding steroid dienone is 4. The number of hydrogen-bond donors (Lipinski definition) is 1. The molecule has 0 spiro atoms. The number of esters is 1. The van der Waals surface area contributed by atoms with Gasteiger partial charge < -0.3 is 14.6 Å². The fourth-order valence-electron chi connectivity index (χ4n) is 2.55. The Morgan fingerprint density at radius 1 is 1.21 bits per heavy atom. The highest BCUT2D eigenvalue weighted by atomic mass is 16.5. The Bertz CT molecular complexity index is 681. The zero-order valence-corrected chi connectivity index (χ0v) is 14.4. The second-order valence-electron chi connectivity index (χ2n) is 6.39. The first-order chi connectivity index (χ1) is 11.4. The molecule has 1 aromatic rings. The smallest absolute Gasteiger partial charge is 0.309 e. The monoisotopic (exact) mass is 328 g/mol. The normalized spacial score (nSPS) is 15.6. The minimum Gasteiger partial charge on any atom is -0.489 e. The lowest BCUT2D eigenvalue weighted by Crippen LogP contribution is -2.09. The number of ether oxygens (including phenoxy) is 2. The van der Waals surface area contributed by atoms with Crippen molar-refractivity contribution in [3.05, 3.63) is 65.3 Å². The van der Waals surface area contributed by atoms with Gasteiger partial charge in [-0.3, -0.25) is 4.79 Å². The Morgan fingerprint density at radius 3 is 2.71 bits per heavy atom. The quantitative estimate of drug-likeness (QED) is 0.814. The van der Waals surface area contributed by atoms with Crippen LogP contribution in [0, 0.1) is 5.41 Å². The van der Waals surface area contributed by atoms with Gasteiger partial charge in [-0.2, -0.15) is 0 Å². The molecule has 0 aliphatic heterocycles. The number of hydrogen-bond acceptors (Lipinski definition) is 4. The van der Waals surface area contributed by atoms with E-state index in [0.717, 1.165) is 5.57 Å². The molecule has 0 fully saturated rings. The zero-order chi connectivity index (χ0) is 17.6. The largest absolute Gasteiger partial charge is 0.489 e. The summed E-state index contributed by atoms with van der Waals surface area (Å²) in [5.41, 5.74) is 2.49. The van der Waals surface area contributed by atoms with Gasteiger partial charge in [0.1, 0.15) is 12.4 Å². The van der Waals surface area contributed by atoms with E-state index in [1.54, 1.807) is 18.2 Å². The molecule has 0 saturated carbocycles. The van der Waals surface area contributed by atoms with Crippen molar-refractivity contribution >= 4 is 5.97 Å². The molecule has 1 aliphatic carbocycles. The third-order valence-electron chi connectivity index (χ3n) is 3.82. The van der Waals surface area contributed by atoms with Gasteiger partial charge in [-0.1, -0.05) is 50.3 Å². The number of methoxy groups -OCH3 is 1. The summed E-state index contributed by atoms with van der Waals surface area (Å²) >= 11 is 0. The van der Waals surface area contributed by atoms with Gasteiger partial charge in [0.2, 0.25) is 0 Å². The summed E-state index contributed by atoms with van der Waals surface area (Å²) in [4.78, 5) is 11.5. The fraction of sp³-hybridized carbons (Fsp3) is 0.350. The van der Waals surface area contributed by atoms with Crippen LogP contribution in [0.25, 0.3) is 0 Å². The van der Waals surface area contributed by atoms with Gasteiger partial charge in [-0.05, 0) is 28.8 Å². The van der Waals surface area contributed by atoms with Crippen molar-refractivity contribution in [3.8, 4) is 5.75 Å². The van der Waals surface area contributed by atoms with Gasteiger partial charge in [0, 0.05) is 5.41 Å². The lowest BCUT2D eigenvalue weighted by Gasteiger charge is -2.16. The predicted octanol–water partition coefficient (Wildman–Crippen LogP) is 3.35. The molecule has 0 heterocycles. The van der Waals surface area contributed by atoms with Crippen molar-refractivity contribution in [1.82, 2.24) is 0 Å². The average molecular weight is 328 g/mol. The van der Waals surface area contributed by atoms with Crippen molar-refractivity contribution in [2.75, 3.05) is 13.7 Å². The molecule has 0 unspecified atom stereocenters. The van der Waals surface area contributed by atoms with Gasteiger partial charge in [-0.25, -0.2) is 0 Å². The van der Waals surface area contributed by atoms with Crippen LogP contribution in [0.2, 0.25) is 0 Å². The maximum atomic E-state index is 11.5. The van der Waals surface area contributed by atoms with Gasteiger partial charge in [0.15, 0.2) is 0 Å². The minimum absolute atomic E-state index is 0.0149. The first-order valence-electron chi connectivity index (χ1n) is 7.93. The molecule has 0 aromatic heterocycles. The number of carbonyl (C=O) groups is 1. The molecular weight excluding hydrogens is 304 g/mol. The second kappa shape index (κ2) is 7.97. The highest BCUT2D eigenvalue weighted by Crippen LogP contribution is 2.25. The summed E-state index contributed by atoms with van der Waals surface area (Å²) in [6, 6.07) is 5.36. The summed E-state index contributed by atoms with van der Waals surface area (Å²) < 4.78 is 10.6. The van der Waals surface area contributed by atoms with Gasteiger partial charge in [-0.15, -0.1) is 0 Å². The van der Waals surface area contributed by atoms with Gasteiger partial charge >= 0.3 is 5.97 Å². The van der Waals surface area contributed by atoms with Crippen molar-refractivity contribution in [3.63, 3.8) is 0 Å². The third kappa shape index (κ3) is 5.10. The maximum Gasteiger partial charge on any atom is 0.309 e. The molecular formula is C20H24O4. The van der Waals surface area contributed by atoms with Crippen LogP contribution >= 0.6 is 0 Å². The van der Waals surface area contributed by atoms with E-state index in [1.165, 1.54) is 7.11 Å². The molecule has 4 heteroatoms. The molecule has 0 atom stereocenters. The topological polar surface area (TPSA) is 55.8 Å².